The number of rotatable bonds is 16. The maximum absolute atomic E-state index is 2.37. The summed E-state index contributed by atoms with van der Waals surface area (Å²) in [6.45, 7) is 10.7. The van der Waals surface area contributed by atoms with Crippen LogP contribution in [0.3, 0.4) is 0 Å². The fourth-order valence-electron chi connectivity index (χ4n) is 4.88. The van der Waals surface area contributed by atoms with Crippen LogP contribution in [0.2, 0.25) is 0 Å². The van der Waals surface area contributed by atoms with Gasteiger partial charge in [-0.1, -0.05) is 101 Å². The summed E-state index contributed by atoms with van der Waals surface area (Å²) in [7, 11) is 0. The minimum atomic E-state index is 0. The number of nitrogens with zero attached hydrogens (tertiary/aromatic N) is 1. The SMILES string of the molecule is CCCCCCCCCCCCCC[N+](CC)(CC)c1cccc2ccccc12.[OH-]. The molecule has 0 spiro atoms. The van der Waals surface area contributed by atoms with Gasteiger partial charge in [0.25, 0.3) is 0 Å². The average Bonchev–Trinajstić information content (AvgIpc) is 2.77. The molecule has 0 aromatic heterocycles. The molecule has 0 amide bonds. The molecule has 1 N–H and O–H groups in total. The number of hydrogen-bond donors (Lipinski definition) is 0. The average molecular weight is 414 g/mol. The first kappa shape index (κ1) is 26.7. The van der Waals surface area contributed by atoms with E-state index in [4.69, 9.17) is 0 Å². The quantitative estimate of drug-likeness (QED) is 0.200. The van der Waals surface area contributed by atoms with E-state index in [0.717, 1.165) is 4.48 Å². The lowest BCUT2D eigenvalue weighted by atomic mass is 10.0. The lowest BCUT2D eigenvalue weighted by Crippen LogP contribution is -2.49. The molecule has 30 heavy (non-hydrogen) atoms. The third kappa shape index (κ3) is 8.04. The van der Waals surface area contributed by atoms with Crippen LogP contribution in [0.4, 0.5) is 5.69 Å². The van der Waals surface area contributed by atoms with Crippen molar-refractivity contribution in [3.63, 3.8) is 0 Å². The first-order chi connectivity index (χ1) is 14.3. The molecule has 0 unspecified atom stereocenters. The van der Waals surface area contributed by atoms with E-state index in [9.17, 15) is 0 Å². The summed E-state index contributed by atoms with van der Waals surface area (Å²) >= 11 is 0. The van der Waals surface area contributed by atoms with Gasteiger partial charge in [-0.25, -0.2) is 0 Å². The molecule has 0 aliphatic heterocycles. The largest absolute Gasteiger partial charge is 0.870 e. The van der Waals surface area contributed by atoms with Gasteiger partial charge in [-0.3, -0.25) is 4.48 Å². The molecule has 0 saturated heterocycles. The van der Waals surface area contributed by atoms with Crippen molar-refractivity contribution >= 4 is 16.5 Å². The zero-order chi connectivity index (χ0) is 20.8. The van der Waals surface area contributed by atoms with Gasteiger partial charge in [0.1, 0.15) is 5.69 Å². The summed E-state index contributed by atoms with van der Waals surface area (Å²) < 4.78 is 1.12. The minimum Gasteiger partial charge on any atom is -0.870 e. The predicted molar refractivity (Wildman–Crippen MR) is 135 cm³/mol. The Balaban J connectivity index is 0.00000450. The monoisotopic (exact) mass is 413 g/mol. The van der Waals surface area contributed by atoms with Gasteiger partial charge in [0.05, 0.1) is 19.6 Å². The van der Waals surface area contributed by atoms with E-state index >= 15 is 0 Å². The van der Waals surface area contributed by atoms with Gasteiger partial charge in [-0.2, -0.15) is 0 Å². The molecule has 2 aromatic rings. The second-order valence-electron chi connectivity index (χ2n) is 8.89. The summed E-state index contributed by atoms with van der Waals surface area (Å²) in [5, 5.41) is 2.82. The topological polar surface area (TPSA) is 30.0 Å². The predicted octanol–water partition coefficient (Wildman–Crippen LogP) is 8.71. The van der Waals surface area contributed by atoms with Crippen LogP contribution in [-0.2, 0) is 0 Å². The van der Waals surface area contributed by atoms with Gasteiger partial charge in [0, 0.05) is 5.39 Å². The van der Waals surface area contributed by atoms with E-state index in [2.05, 4.69) is 63.2 Å². The molecule has 0 saturated carbocycles. The summed E-state index contributed by atoms with van der Waals surface area (Å²) in [4.78, 5) is 0. The van der Waals surface area contributed by atoms with Gasteiger partial charge in [0.15, 0.2) is 0 Å². The molecule has 2 aromatic carbocycles. The van der Waals surface area contributed by atoms with E-state index in [1.807, 2.05) is 0 Å². The van der Waals surface area contributed by atoms with Crippen molar-refractivity contribution in [2.45, 2.75) is 97.8 Å². The number of fused-ring (bicyclic) bond motifs is 1. The molecule has 170 valence electrons. The molecular formula is C28H47NO. The lowest BCUT2D eigenvalue weighted by Gasteiger charge is -2.37. The van der Waals surface area contributed by atoms with E-state index < -0.39 is 0 Å². The Morgan fingerprint density at radius 2 is 1.07 bits per heavy atom. The van der Waals surface area contributed by atoms with Crippen molar-refractivity contribution in [3.8, 4) is 0 Å². The summed E-state index contributed by atoms with van der Waals surface area (Å²) in [5.74, 6) is 0. The molecule has 0 atom stereocenters. The Hall–Kier alpha value is -1.38. The first-order valence-electron chi connectivity index (χ1n) is 12.6. The molecule has 2 rings (SSSR count). The van der Waals surface area contributed by atoms with Gasteiger partial charge < -0.3 is 5.48 Å². The molecule has 0 aliphatic rings. The number of quaternary nitrogens is 1. The smallest absolute Gasteiger partial charge is 0.140 e. The Kier molecular flexibility index (Phi) is 13.7. The van der Waals surface area contributed by atoms with Crippen molar-refractivity contribution in [3.05, 3.63) is 42.5 Å². The standard InChI is InChI=1S/C28H46N.H2O/c1-4-7-8-9-10-11-12-13-14-15-16-19-25-29(5-2,6-3)28-24-20-22-26-21-17-18-23-27(26)28;/h17-18,20-24H,4-16,19,25H2,1-3H3;1H2/q+1;/p-1. The minimum absolute atomic E-state index is 0. The third-order valence-corrected chi connectivity index (χ3v) is 6.93. The first-order valence-corrected chi connectivity index (χ1v) is 12.6. The van der Waals surface area contributed by atoms with E-state index in [-0.39, 0.29) is 5.48 Å². The highest BCUT2D eigenvalue weighted by Gasteiger charge is 2.27. The lowest BCUT2D eigenvalue weighted by molar-refractivity contribution is 0.294. The van der Waals surface area contributed by atoms with Crippen molar-refractivity contribution in [2.75, 3.05) is 19.6 Å². The van der Waals surface area contributed by atoms with Gasteiger partial charge in [-0.05, 0) is 44.2 Å². The highest BCUT2D eigenvalue weighted by Crippen LogP contribution is 2.32. The third-order valence-electron chi connectivity index (χ3n) is 6.93. The van der Waals surface area contributed by atoms with Crippen LogP contribution in [0.15, 0.2) is 42.5 Å². The number of benzene rings is 2. The molecule has 0 bridgehead atoms. The van der Waals surface area contributed by atoms with E-state index in [1.54, 1.807) is 0 Å². The second-order valence-corrected chi connectivity index (χ2v) is 8.89. The zero-order valence-electron chi connectivity index (χ0n) is 20.0. The molecule has 0 radical (unpaired) electrons. The zero-order valence-corrected chi connectivity index (χ0v) is 20.0. The van der Waals surface area contributed by atoms with Crippen LogP contribution >= 0.6 is 0 Å². The second kappa shape index (κ2) is 15.4. The Morgan fingerprint density at radius 1 is 0.567 bits per heavy atom. The van der Waals surface area contributed by atoms with Crippen LogP contribution in [-0.4, -0.2) is 25.1 Å². The summed E-state index contributed by atoms with van der Waals surface area (Å²) in [6, 6.07) is 15.8. The van der Waals surface area contributed by atoms with Crippen LogP contribution in [0.25, 0.3) is 10.8 Å². The van der Waals surface area contributed by atoms with Gasteiger partial charge >= 0.3 is 0 Å². The molecule has 0 aliphatic carbocycles. The van der Waals surface area contributed by atoms with Gasteiger partial charge in [-0.15, -0.1) is 0 Å². The Bertz CT molecular complexity index is 672. The van der Waals surface area contributed by atoms with Crippen molar-refractivity contribution in [1.82, 2.24) is 4.48 Å². The summed E-state index contributed by atoms with van der Waals surface area (Å²) in [6.07, 6.45) is 17.1. The number of unbranched alkanes of at least 4 members (excludes halogenated alkanes) is 11. The fraction of sp³-hybridized carbons (Fsp3) is 0.643. The Labute approximate surface area is 186 Å². The normalized spacial score (nSPS) is 11.6. The number of hydrogen-bond acceptors (Lipinski definition) is 1. The highest BCUT2D eigenvalue weighted by atomic mass is 16.0. The van der Waals surface area contributed by atoms with Crippen molar-refractivity contribution < 1.29 is 5.48 Å². The van der Waals surface area contributed by atoms with Crippen molar-refractivity contribution in [2.24, 2.45) is 0 Å². The molecular weight excluding hydrogens is 366 g/mol. The van der Waals surface area contributed by atoms with Crippen molar-refractivity contribution in [1.29, 1.82) is 0 Å². The molecule has 2 nitrogen and oxygen atoms in total. The van der Waals surface area contributed by atoms with Crippen LogP contribution in [0.5, 0.6) is 0 Å². The maximum Gasteiger partial charge on any atom is 0.140 e. The Morgan fingerprint density at radius 3 is 1.63 bits per heavy atom. The molecule has 0 heterocycles. The molecule has 0 fully saturated rings. The molecule has 2 heteroatoms. The van der Waals surface area contributed by atoms with Crippen LogP contribution < -0.4 is 4.48 Å². The summed E-state index contributed by atoms with van der Waals surface area (Å²) in [5.41, 5.74) is 1.52. The van der Waals surface area contributed by atoms with Crippen LogP contribution in [0, 0.1) is 0 Å². The highest BCUT2D eigenvalue weighted by molar-refractivity contribution is 5.93. The maximum atomic E-state index is 2.37. The fourth-order valence-corrected chi connectivity index (χ4v) is 4.88. The van der Waals surface area contributed by atoms with E-state index in [1.165, 1.54) is 113 Å². The van der Waals surface area contributed by atoms with E-state index in [0.29, 0.717) is 0 Å². The van der Waals surface area contributed by atoms with Gasteiger partial charge in [0.2, 0.25) is 0 Å². The van der Waals surface area contributed by atoms with Crippen LogP contribution in [0.1, 0.15) is 97.8 Å².